The maximum absolute atomic E-state index is 11.3. The molecule has 1 aliphatic rings. The Hall–Kier alpha value is -1.67. The van der Waals surface area contributed by atoms with E-state index in [9.17, 15) is 14.4 Å². The van der Waals surface area contributed by atoms with Crippen molar-refractivity contribution in [3.05, 3.63) is 0 Å². The van der Waals surface area contributed by atoms with Crippen molar-refractivity contribution in [2.45, 2.75) is 6.04 Å². The summed E-state index contributed by atoms with van der Waals surface area (Å²) >= 11 is 0. The van der Waals surface area contributed by atoms with Crippen molar-refractivity contribution in [1.82, 2.24) is 15.5 Å². The van der Waals surface area contributed by atoms with E-state index in [4.69, 9.17) is 11.5 Å². The smallest absolute Gasteiger partial charge is 0.318 e. The molecular formula is C8H15N5O3. The maximum Gasteiger partial charge on any atom is 0.318 e. The standard InChI is InChI=1S/C8H15N5O3/c9-7(15)5-3-11-1-2-13(5)4-6(14)12-8(10)16/h5,11H,1-4H2,(H2,9,15)(H3,10,12,14,16). The zero-order valence-corrected chi connectivity index (χ0v) is 8.73. The number of rotatable bonds is 3. The largest absolute Gasteiger partial charge is 0.368 e. The minimum absolute atomic E-state index is 0.0712. The molecule has 1 fully saturated rings. The number of primary amides is 2. The Morgan fingerprint density at radius 3 is 2.62 bits per heavy atom. The van der Waals surface area contributed by atoms with Crippen LogP contribution < -0.4 is 22.1 Å². The molecule has 1 atom stereocenters. The topological polar surface area (TPSA) is 131 Å². The van der Waals surface area contributed by atoms with Crippen LogP contribution in [0.15, 0.2) is 0 Å². The van der Waals surface area contributed by atoms with E-state index in [1.807, 2.05) is 5.32 Å². The van der Waals surface area contributed by atoms with Crippen LogP contribution in [0.25, 0.3) is 0 Å². The normalized spacial score (nSPS) is 21.4. The van der Waals surface area contributed by atoms with Crippen LogP contribution >= 0.6 is 0 Å². The second kappa shape index (κ2) is 5.42. The SMILES string of the molecule is NC(=O)NC(=O)CN1CCNCC1C(N)=O. The summed E-state index contributed by atoms with van der Waals surface area (Å²) in [6.45, 7) is 1.50. The molecule has 16 heavy (non-hydrogen) atoms. The second-order valence-electron chi connectivity index (χ2n) is 3.51. The van der Waals surface area contributed by atoms with E-state index < -0.39 is 23.9 Å². The highest BCUT2D eigenvalue weighted by Crippen LogP contribution is 2.01. The Morgan fingerprint density at radius 1 is 1.38 bits per heavy atom. The van der Waals surface area contributed by atoms with Crippen LogP contribution in [0.1, 0.15) is 0 Å². The highest BCUT2D eigenvalue weighted by atomic mass is 16.2. The van der Waals surface area contributed by atoms with Crippen molar-refractivity contribution >= 4 is 17.8 Å². The third kappa shape index (κ3) is 3.48. The first kappa shape index (κ1) is 12.4. The lowest BCUT2D eigenvalue weighted by Crippen LogP contribution is -2.59. The molecule has 1 saturated heterocycles. The molecular weight excluding hydrogens is 214 g/mol. The number of nitrogens with zero attached hydrogens (tertiary/aromatic N) is 1. The molecule has 90 valence electrons. The first-order chi connectivity index (χ1) is 7.50. The van der Waals surface area contributed by atoms with Crippen molar-refractivity contribution in [3.8, 4) is 0 Å². The zero-order valence-electron chi connectivity index (χ0n) is 8.73. The van der Waals surface area contributed by atoms with Crippen LogP contribution in [0.3, 0.4) is 0 Å². The van der Waals surface area contributed by atoms with Gasteiger partial charge in [-0.2, -0.15) is 0 Å². The van der Waals surface area contributed by atoms with Gasteiger partial charge in [-0.15, -0.1) is 0 Å². The van der Waals surface area contributed by atoms with Crippen molar-refractivity contribution < 1.29 is 14.4 Å². The molecule has 1 aliphatic heterocycles. The number of urea groups is 1. The first-order valence-electron chi connectivity index (χ1n) is 4.84. The molecule has 1 rings (SSSR count). The fraction of sp³-hybridized carbons (Fsp3) is 0.625. The minimum atomic E-state index is -0.907. The molecule has 4 amide bonds. The number of imide groups is 1. The predicted octanol–water partition coefficient (Wildman–Crippen LogP) is -3.06. The Labute approximate surface area is 92.3 Å². The summed E-state index contributed by atoms with van der Waals surface area (Å²) in [5.74, 6) is -1.04. The molecule has 0 saturated carbocycles. The van der Waals surface area contributed by atoms with Crippen LogP contribution in [0.4, 0.5) is 4.79 Å². The van der Waals surface area contributed by atoms with Gasteiger partial charge < -0.3 is 16.8 Å². The van der Waals surface area contributed by atoms with E-state index in [0.717, 1.165) is 0 Å². The second-order valence-corrected chi connectivity index (χ2v) is 3.51. The lowest BCUT2D eigenvalue weighted by Gasteiger charge is -2.33. The number of carbonyl (C=O) groups excluding carboxylic acids is 3. The highest BCUT2D eigenvalue weighted by Gasteiger charge is 2.28. The Morgan fingerprint density at radius 2 is 2.06 bits per heavy atom. The zero-order chi connectivity index (χ0) is 12.1. The number of hydrogen-bond donors (Lipinski definition) is 4. The van der Waals surface area contributed by atoms with Crippen LogP contribution in [0.2, 0.25) is 0 Å². The molecule has 8 nitrogen and oxygen atoms in total. The molecule has 6 N–H and O–H groups in total. The number of hydrogen-bond acceptors (Lipinski definition) is 5. The lowest BCUT2D eigenvalue weighted by molar-refractivity contribution is -0.127. The summed E-state index contributed by atoms with van der Waals surface area (Å²) in [5, 5.41) is 4.93. The van der Waals surface area contributed by atoms with Crippen LogP contribution in [-0.2, 0) is 9.59 Å². The summed E-state index contributed by atoms with van der Waals surface area (Å²) in [6, 6.07) is -1.44. The Kier molecular flexibility index (Phi) is 4.20. The van der Waals surface area contributed by atoms with Crippen LogP contribution in [0.5, 0.6) is 0 Å². The molecule has 1 unspecified atom stereocenters. The van der Waals surface area contributed by atoms with Gasteiger partial charge in [0.15, 0.2) is 0 Å². The predicted molar refractivity (Wildman–Crippen MR) is 55.2 cm³/mol. The minimum Gasteiger partial charge on any atom is -0.368 e. The van der Waals surface area contributed by atoms with E-state index in [0.29, 0.717) is 19.6 Å². The van der Waals surface area contributed by atoms with E-state index in [-0.39, 0.29) is 6.54 Å². The van der Waals surface area contributed by atoms with Gasteiger partial charge in [-0.1, -0.05) is 0 Å². The van der Waals surface area contributed by atoms with E-state index >= 15 is 0 Å². The average molecular weight is 229 g/mol. The van der Waals surface area contributed by atoms with Gasteiger partial charge in [0, 0.05) is 19.6 Å². The van der Waals surface area contributed by atoms with Gasteiger partial charge in [-0.25, -0.2) is 4.79 Å². The molecule has 0 aliphatic carbocycles. The average Bonchev–Trinajstić information content (AvgIpc) is 2.16. The van der Waals surface area contributed by atoms with Gasteiger partial charge >= 0.3 is 6.03 Å². The Bertz CT molecular complexity index is 306. The number of nitrogens with two attached hydrogens (primary N) is 2. The van der Waals surface area contributed by atoms with Gasteiger partial charge in [-0.3, -0.25) is 19.8 Å². The molecule has 1 heterocycles. The van der Waals surface area contributed by atoms with Gasteiger partial charge in [0.1, 0.15) is 6.04 Å². The third-order valence-electron chi connectivity index (χ3n) is 2.29. The molecule has 0 spiro atoms. The lowest BCUT2D eigenvalue weighted by atomic mass is 10.2. The molecule has 0 aromatic rings. The maximum atomic E-state index is 11.3. The third-order valence-corrected chi connectivity index (χ3v) is 2.29. The fourth-order valence-corrected chi connectivity index (χ4v) is 1.58. The fourth-order valence-electron chi connectivity index (χ4n) is 1.58. The molecule has 0 bridgehead atoms. The molecule has 8 heteroatoms. The monoisotopic (exact) mass is 229 g/mol. The molecule has 0 aromatic carbocycles. The van der Waals surface area contributed by atoms with E-state index in [2.05, 4.69) is 5.32 Å². The number of carbonyl (C=O) groups is 3. The van der Waals surface area contributed by atoms with E-state index in [1.165, 1.54) is 0 Å². The van der Waals surface area contributed by atoms with Crippen molar-refractivity contribution in [2.75, 3.05) is 26.2 Å². The van der Waals surface area contributed by atoms with Gasteiger partial charge in [0.25, 0.3) is 0 Å². The number of amides is 4. The van der Waals surface area contributed by atoms with Crippen LogP contribution in [0, 0.1) is 0 Å². The van der Waals surface area contributed by atoms with Crippen molar-refractivity contribution in [2.24, 2.45) is 11.5 Å². The number of piperazine rings is 1. The summed E-state index contributed by atoms with van der Waals surface area (Å²) in [5.41, 5.74) is 9.99. The first-order valence-corrected chi connectivity index (χ1v) is 4.84. The van der Waals surface area contributed by atoms with Crippen LogP contribution in [-0.4, -0.2) is 55.0 Å². The highest BCUT2D eigenvalue weighted by molar-refractivity contribution is 5.94. The number of nitrogens with one attached hydrogen (secondary N) is 2. The summed E-state index contributed by atoms with van der Waals surface area (Å²) in [6.07, 6.45) is 0. The van der Waals surface area contributed by atoms with Gasteiger partial charge in [0.05, 0.1) is 6.54 Å². The Balaban J connectivity index is 2.52. The van der Waals surface area contributed by atoms with Crippen molar-refractivity contribution in [3.63, 3.8) is 0 Å². The van der Waals surface area contributed by atoms with Gasteiger partial charge in [-0.05, 0) is 0 Å². The molecule has 0 aromatic heterocycles. The van der Waals surface area contributed by atoms with E-state index in [1.54, 1.807) is 4.90 Å². The van der Waals surface area contributed by atoms with Crippen molar-refractivity contribution in [1.29, 1.82) is 0 Å². The summed E-state index contributed by atoms with van der Waals surface area (Å²) in [4.78, 5) is 34.4. The van der Waals surface area contributed by atoms with Gasteiger partial charge in [0.2, 0.25) is 11.8 Å². The summed E-state index contributed by atoms with van der Waals surface area (Å²) < 4.78 is 0. The molecule has 0 radical (unpaired) electrons. The summed E-state index contributed by atoms with van der Waals surface area (Å²) in [7, 11) is 0. The quantitative estimate of drug-likeness (QED) is 0.408.